The van der Waals surface area contributed by atoms with Crippen LogP contribution in [0.1, 0.15) is 82.8 Å². The van der Waals surface area contributed by atoms with Gasteiger partial charge in [-0.15, -0.1) is 0 Å². The van der Waals surface area contributed by atoms with Crippen molar-refractivity contribution in [2.75, 3.05) is 0 Å². The van der Waals surface area contributed by atoms with Gasteiger partial charge in [0, 0.05) is 5.39 Å². The molecule has 0 heterocycles. The molecular weight excluding hydrogens is 367 g/mol. The number of halogens is 1. The lowest BCUT2D eigenvalue weighted by Gasteiger charge is -2.37. The fourth-order valence-corrected chi connectivity index (χ4v) is 6.22. The molecule has 1 heteroatoms. The summed E-state index contributed by atoms with van der Waals surface area (Å²) in [5, 5.41) is 1.84. The van der Waals surface area contributed by atoms with Gasteiger partial charge in [-0.05, 0) is 105 Å². The van der Waals surface area contributed by atoms with Gasteiger partial charge in [0.15, 0.2) is 0 Å². The van der Waals surface area contributed by atoms with E-state index in [1.807, 2.05) is 19.1 Å². The zero-order valence-corrected chi connectivity index (χ0v) is 19.0. The van der Waals surface area contributed by atoms with Gasteiger partial charge < -0.3 is 0 Å². The third-order valence-corrected chi connectivity index (χ3v) is 8.16. The molecule has 0 amide bonds. The predicted molar refractivity (Wildman–Crippen MR) is 127 cm³/mol. The van der Waals surface area contributed by atoms with Crippen molar-refractivity contribution in [1.29, 1.82) is 0 Å². The zero-order chi connectivity index (χ0) is 20.9. The molecule has 2 saturated carbocycles. The van der Waals surface area contributed by atoms with Crippen LogP contribution in [0.15, 0.2) is 42.5 Å². The minimum atomic E-state index is -0.0281. The van der Waals surface area contributed by atoms with E-state index in [0.717, 1.165) is 52.8 Å². The molecular formula is C29H39F. The summed E-state index contributed by atoms with van der Waals surface area (Å²) in [6, 6.07) is 10.4. The Morgan fingerprint density at radius 3 is 2.27 bits per heavy atom. The molecule has 0 bridgehead atoms. The van der Waals surface area contributed by atoms with Crippen LogP contribution in [0, 0.1) is 29.5 Å². The smallest absolute Gasteiger partial charge is 0.134 e. The molecule has 0 saturated heterocycles. The van der Waals surface area contributed by atoms with Gasteiger partial charge in [-0.1, -0.05) is 62.2 Å². The van der Waals surface area contributed by atoms with Gasteiger partial charge >= 0.3 is 0 Å². The van der Waals surface area contributed by atoms with Gasteiger partial charge in [-0.2, -0.15) is 0 Å². The van der Waals surface area contributed by atoms with Crippen molar-refractivity contribution in [3.8, 4) is 0 Å². The van der Waals surface area contributed by atoms with Gasteiger partial charge in [0.25, 0.3) is 0 Å². The normalized spacial score (nSPS) is 27.7. The largest absolute Gasteiger partial charge is 0.206 e. The highest BCUT2D eigenvalue weighted by atomic mass is 19.1. The fourth-order valence-electron chi connectivity index (χ4n) is 6.22. The van der Waals surface area contributed by atoms with E-state index in [9.17, 15) is 4.39 Å². The average Bonchev–Trinajstić information content (AvgIpc) is 2.79. The van der Waals surface area contributed by atoms with E-state index >= 15 is 0 Å². The van der Waals surface area contributed by atoms with Crippen molar-refractivity contribution >= 4 is 10.8 Å². The minimum absolute atomic E-state index is 0.0281. The van der Waals surface area contributed by atoms with E-state index in [2.05, 4.69) is 37.3 Å². The predicted octanol–water partition coefficient (Wildman–Crippen LogP) is 8.66. The number of fused-ring (bicyclic) bond motifs is 1. The van der Waals surface area contributed by atoms with Crippen LogP contribution in [-0.4, -0.2) is 0 Å². The lowest BCUT2D eigenvalue weighted by molar-refractivity contribution is 0.152. The van der Waals surface area contributed by atoms with Crippen molar-refractivity contribution in [1.82, 2.24) is 0 Å². The van der Waals surface area contributed by atoms with E-state index < -0.39 is 0 Å². The molecule has 162 valence electrons. The summed E-state index contributed by atoms with van der Waals surface area (Å²) in [4.78, 5) is 0. The molecule has 0 unspecified atom stereocenters. The first-order chi connectivity index (χ1) is 14.7. The molecule has 0 nitrogen and oxygen atoms in total. The van der Waals surface area contributed by atoms with Gasteiger partial charge in [-0.3, -0.25) is 0 Å². The van der Waals surface area contributed by atoms with Gasteiger partial charge in [-0.25, -0.2) is 4.39 Å². The summed E-state index contributed by atoms with van der Waals surface area (Å²) in [6.45, 7) is 4.17. The third-order valence-electron chi connectivity index (χ3n) is 8.16. The first-order valence-electron chi connectivity index (χ1n) is 12.5. The van der Waals surface area contributed by atoms with Crippen molar-refractivity contribution in [3.63, 3.8) is 0 Å². The van der Waals surface area contributed by atoms with E-state index in [1.165, 1.54) is 63.4 Å². The maximum atomic E-state index is 14.5. The SMILES string of the molecule is C/C=C/C1CCC(C2CCC(CCc3ccc4c(F)c(CC)ccc4c3)CC2)CC1. The Hall–Kier alpha value is -1.63. The van der Waals surface area contributed by atoms with E-state index in [1.54, 1.807) is 0 Å². The summed E-state index contributed by atoms with van der Waals surface area (Å²) >= 11 is 0. The molecule has 0 radical (unpaired) electrons. The molecule has 0 aliphatic heterocycles. The topological polar surface area (TPSA) is 0 Å². The maximum Gasteiger partial charge on any atom is 0.134 e. The minimum Gasteiger partial charge on any atom is -0.206 e. The molecule has 0 spiro atoms. The molecule has 2 aliphatic carbocycles. The first kappa shape index (κ1) is 21.6. The Balaban J connectivity index is 1.26. The Bertz CT molecular complexity index is 848. The van der Waals surface area contributed by atoms with E-state index in [0.29, 0.717) is 0 Å². The maximum absolute atomic E-state index is 14.5. The first-order valence-corrected chi connectivity index (χ1v) is 12.5. The monoisotopic (exact) mass is 406 g/mol. The quantitative estimate of drug-likeness (QED) is 0.421. The van der Waals surface area contributed by atoms with E-state index in [4.69, 9.17) is 0 Å². The van der Waals surface area contributed by atoms with Crippen LogP contribution in [0.25, 0.3) is 10.8 Å². The molecule has 2 fully saturated rings. The Kier molecular flexibility index (Phi) is 7.28. The van der Waals surface area contributed by atoms with Crippen molar-refractivity contribution in [2.24, 2.45) is 23.7 Å². The second-order valence-corrected chi connectivity index (χ2v) is 9.97. The lowest BCUT2D eigenvalue weighted by Crippen LogP contribution is -2.25. The van der Waals surface area contributed by atoms with Crippen molar-refractivity contribution in [2.45, 2.75) is 84.5 Å². The number of hydrogen-bond acceptors (Lipinski definition) is 0. The van der Waals surface area contributed by atoms with Crippen LogP contribution in [-0.2, 0) is 12.8 Å². The Labute approximate surface area is 183 Å². The molecule has 2 aromatic rings. The number of aryl methyl sites for hydroxylation is 2. The van der Waals surface area contributed by atoms with Crippen molar-refractivity contribution in [3.05, 3.63) is 59.4 Å². The van der Waals surface area contributed by atoms with Crippen LogP contribution in [0.2, 0.25) is 0 Å². The Morgan fingerprint density at radius 2 is 1.60 bits per heavy atom. The van der Waals surface area contributed by atoms with Crippen LogP contribution in [0.3, 0.4) is 0 Å². The Morgan fingerprint density at radius 1 is 0.900 bits per heavy atom. The second-order valence-electron chi connectivity index (χ2n) is 9.97. The van der Waals surface area contributed by atoms with Gasteiger partial charge in [0.2, 0.25) is 0 Å². The molecule has 0 N–H and O–H groups in total. The highest BCUT2D eigenvalue weighted by Crippen LogP contribution is 2.42. The van der Waals surface area contributed by atoms with Crippen LogP contribution >= 0.6 is 0 Å². The van der Waals surface area contributed by atoms with Crippen molar-refractivity contribution < 1.29 is 4.39 Å². The number of hydrogen-bond donors (Lipinski definition) is 0. The van der Waals surface area contributed by atoms with Crippen LogP contribution in [0.4, 0.5) is 4.39 Å². The summed E-state index contributed by atoms with van der Waals surface area (Å²) in [5.41, 5.74) is 2.19. The summed E-state index contributed by atoms with van der Waals surface area (Å²) in [5.74, 6) is 3.70. The summed E-state index contributed by atoms with van der Waals surface area (Å²) in [7, 11) is 0. The lowest BCUT2D eigenvalue weighted by atomic mass is 9.68. The van der Waals surface area contributed by atoms with Gasteiger partial charge in [0.05, 0.1) is 0 Å². The number of benzene rings is 2. The molecule has 2 aromatic carbocycles. The molecule has 4 rings (SSSR count). The third kappa shape index (κ3) is 4.98. The fraction of sp³-hybridized carbons (Fsp3) is 0.586. The molecule has 0 atom stereocenters. The highest BCUT2D eigenvalue weighted by Gasteiger charge is 2.30. The number of allylic oxidation sites excluding steroid dienone is 2. The summed E-state index contributed by atoms with van der Waals surface area (Å²) in [6.07, 6.45) is 19.3. The summed E-state index contributed by atoms with van der Waals surface area (Å²) < 4.78 is 14.5. The molecule has 0 aromatic heterocycles. The number of rotatable bonds is 6. The van der Waals surface area contributed by atoms with Crippen LogP contribution < -0.4 is 0 Å². The van der Waals surface area contributed by atoms with Crippen LogP contribution in [0.5, 0.6) is 0 Å². The average molecular weight is 407 g/mol. The molecule has 2 aliphatic rings. The highest BCUT2D eigenvalue weighted by molar-refractivity contribution is 5.84. The standard InChI is InChI=1S/C29H39F/c1-3-5-21-8-13-25(14-9-21)26-15-10-22(11-16-26)6-7-23-12-19-28-27(20-23)18-17-24(4-2)29(28)30/h3,5,12,17-22,25-26H,4,6-11,13-16H2,1-2H3/b5-3+. The molecule has 30 heavy (non-hydrogen) atoms. The van der Waals surface area contributed by atoms with Gasteiger partial charge in [0.1, 0.15) is 5.82 Å². The zero-order valence-electron chi connectivity index (χ0n) is 19.0. The second kappa shape index (κ2) is 10.1. The van der Waals surface area contributed by atoms with E-state index in [-0.39, 0.29) is 5.82 Å².